The van der Waals surface area contributed by atoms with Crippen molar-refractivity contribution in [2.45, 2.75) is 129 Å². The van der Waals surface area contributed by atoms with E-state index in [2.05, 4.69) is 56.3 Å². The quantitative estimate of drug-likeness (QED) is 0.140. The Morgan fingerprint density at radius 2 is 1.50 bits per heavy atom. The Labute approximate surface area is 291 Å². The smallest absolute Gasteiger partial charge is 0.159 e. The van der Waals surface area contributed by atoms with Crippen LogP contribution in [0.2, 0.25) is 0 Å². The van der Waals surface area contributed by atoms with E-state index in [4.69, 9.17) is 4.98 Å². The number of aryl methyl sites for hydroxylation is 2. The zero-order valence-electron chi connectivity index (χ0n) is 29.0. The first-order valence-electron chi connectivity index (χ1n) is 17.8. The minimum atomic E-state index is 0. The summed E-state index contributed by atoms with van der Waals surface area (Å²) in [5.41, 5.74) is 10.2. The molecule has 4 aliphatic carbocycles. The second-order valence-corrected chi connectivity index (χ2v) is 16.2. The second kappa shape index (κ2) is 14.1. The summed E-state index contributed by atoms with van der Waals surface area (Å²) in [7, 11) is 0. The van der Waals surface area contributed by atoms with Crippen LogP contribution >= 0.6 is 0 Å². The van der Waals surface area contributed by atoms with E-state index in [0.29, 0.717) is 35.5 Å². The standard InChI is InChI=1S/C31H34N.C11H20O2.Ir/c1-20-15-21(2)17-24(16-20)27-5-3-25-28(32-27)6-4-26(30-11-7-22(18-30)8-12-30)29(25)31-13-9-23(19-31)10-14-31;1-8(2)5-10(12)7-11(13)6-9(3)4;/h3-6,15-16,22-23H,7-14,18-19H2,1-2H3;7-9,12H,5-6H2,1-4H3;/q-1;;/b;10-7-;. The van der Waals surface area contributed by atoms with E-state index in [9.17, 15) is 9.90 Å². The van der Waals surface area contributed by atoms with Crippen LogP contribution in [-0.2, 0) is 35.7 Å². The minimum Gasteiger partial charge on any atom is -0.512 e. The molecule has 4 saturated carbocycles. The molecule has 4 aliphatic rings. The molecule has 0 aliphatic heterocycles. The Balaban J connectivity index is 0.000000256. The van der Waals surface area contributed by atoms with Gasteiger partial charge in [0.1, 0.15) is 0 Å². The molecule has 1 aromatic heterocycles. The molecule has 4 bridgehead atoms. The van der Waals surface area contributed by atoms with Crippen molar-refractivity contribution < 1.29 is 30.0 Å². The number of carbonyl (C=O) groups excluding carboxylic acids is 1. The number of rotatable bonds is 8. The van der Waals surface area contributed by atoms with Crippen LogP contribution in [0.15, 0.2) is 48.2 Å². The van der Waals surface area contributed by atoms with Crippen LogP contribution in [0.5, 0.6) is 0 Å². The number of ketones is 1. The van der Waals surface area contributed by atoms with Crippen LogP contribution in [0.1, 0.15) is 127 Å². The maximum atomic E-state index is 11.2. The van der Waals surface area contributed by atoms with Crippen LogP contribution < -0.4 is 0 Å². The summed E-state index contributed by atoms with van der Waals surface area (Å²) in [6, 6.07) is 17.6. The number of pyridine rings is 1. The maximum Gasteiger partial charge on any atom is 0.159 e. The van der Waals surface area contributed by atoms with Gasteiger partial charge in [-0.25, -0.2) is 0 Å². The van der Waals surface area contributed by atoms with Crippen LogP contribution in [0, 0.1) is 43.6 Å². The van der Waals surface area contributed by atoms with E-state index in [-0.39, 0.29) is 31.6 Å². The Morgan fingerprint density at radius 3 is 2.04 bits per heavy atom. The van der Waals surface area contributed by atoms with E-state index >= 15 is 0 Å². The molecule has 3 nitrogen and oxygen atoms in total. The van der Waals surface area contributed by atoms with Crippen molar-refractivity contribution in [3.63, 3.8) is 0 Å². The third kappa shape index (κ3) is 7.24. The Hall–Kier alpha value is -2.29. The number of aliphatic hydroxyl groups excluding tert-OH is 1. The Morgan fingerprint density at radius 1 is 0.891 bits per heavy atom. The van der Waals surface area contributed by atoms with E-state index < -0.39 is 0 Å². The average molecular weight is 797 g/mol. The minimum absolute atomic E-state index is 0. The molecule has 3 aromatic rings. The van der Waals surface area contributed by atoms with Gasteiger partial charge in [0.2, 0.25) is 0 Å². The van der Waals surface area contributed by atoms with E-state index in [1.54, 1.807) is 11.1 Å². The van der Waals surface area contributed by atoms with Crippen LogP contribution in [-0.4, -0.2) is 15.9 Å². The van der Waals surface area contributed by atoms with Gasteiger partial charge in [0, 0.05) is 44.4 Å². The van der Waals surface area contributed by atoms with Crippen LogP contribution in [0.4, 0.5) is 0 Å². The number of aliphatic hydroxyl groups is 1. The summed E-state index contributed by atoms with van der Waals surface area (Å²) in [4.78, 5) is 16.4. The molecule has 1 radical (unpaired) electrons. The van der Waals surface area contributed by atoms with Gasteiger partial charge in [-0.3, -0.25) is 9.78 Å². The first-order chi connectivity index (χ1) is 21.4. The first kappa shape index (κ1) is 35.0. The Kier molecular flexibility index (Phi) is 10.7. The average Bonchev–Trinajstić information content (AvgIpc) is 3.77. The van der Waals surface area contributed by atoms with Crippen molar-refractivity contribution in [3.8, 4) is 11.3 Å². The number of aromatic nitrogens is 1. The summed E-state index contributed by atoms with van der Waals surface area (Å²) < 4.78 is 0. The fraction of sp³-hybridized carbons (Fsp3) is 0.571. The molecule has 0 saturated heterocycles. The van der Waals surface area contributed by atoms with Gasteiger partial charge in [-0.2, -0.15) is 0 Å². The third-order valence-electron chi connectivity index (χ3n) is 11.4. The second-order valence-electron chi connectivity index (χ2n) is 16.2. The van der Waals surface area contributed by atoms with Crippen molar-refractivity contribution in [1.29, 1.82) is 0 Å². The molecule has 0 amide bonds. The fourth-order valence-electron chi connectivity index (χ4n) is 9.64. The zero-order valence-corrected chi connectivity index (χ0v) is 31.4. The van der Waals surface area contributed by atoms with E-state index in [1.165, 1.54) is 92.3 Å². The number of benzene rings is 2. The van der Waals surface area contributed by atoms with Gasteiger partial charge >= 0.3 is 0 Å². The summed E-state index contributed by atoms with van der Waals surface area (Å²) in [6.07, 6.45) is 16.7. The molecule has 1 N–H and O–H groups in total. The number of allylic oxidation sites excluding steroid dienone is 2. The third-order valence-corrected chi connectivity index (χ3v) is 11.4. The van der Waals surface area contributed by atoms with E-state index in [0.717, 1.165) is 23.1 Å². The molecule has 46 heavy (non-hydrogen) atoms. The van der Waals surface area contributed by atoms with Gasteiger partial charge in [-0.15, -0.1) is 34.9 Å². The van der Waals surface area contributed by atoms with E-state index in [1.807, 2.05) is 27.7 Å². The van der Waals surface area contributed by atoms with Gasteiger partial charge in [0.05, 0.1) is 11.3 Å². The molecule has 0 atom stereocenters. The van der Waals surface area contributed by atoms with Gasteiger partial charge in [0.25, 0.3) is 0 Å². The predicted octanol–water partition coefficient (Wildman–Crippen LogP) is 11.1. The van der Waals surface area contributed by atoms with Crippen molar-refractivity contribution in [3.05, 3.63) is 76.6 Å². The molecule has 7 rings (SSSR count). The van der Waals surface area contributed by atoms with Gasteiger partial charge < -0.3 is 5.11 Å². The van der Waals surface area contributed by atoms with Crippen molar-refractivity contribution in [1.82, 2.24) is 4.98 Å². The molecule has 1 heterocycles. The molecular weight excluding hydrogens is 743 g/mol. The summed E-state index contributed by atoms with van der Waals surface area (Å²) in [6.45, 7) is 12.3. The molecular formula is C42H54IrNO2-. The maximum absolute atomic E-state index is 11.2. The summed E-state index contributed by atoms with van der Waals surface area (Å²) in [5.74, 6) is 2.93. The predicted molar refractivity (Wildman–Crippen MR) is 187 cm³/mol. The topological polar surface area (TPSA) is 50.2 Å². The van der Waals surface area contributed by atoms with Gasteiger partial charge in [-0.05, 0) is 122 Å². The molecule has 2 aromatic carbocycles. The van der Waals surface area contributed by atoms with Crippen molar-refractivity contribution in [2.75, 3.05) is 0 Å². The number of carbonyl (C=O) groups is 1. The van der Waals surface area contributed by atoms with Crippen molar-refractivity contribution in [2.24, 2.45) is 23.7 Å². The molecule has 0 unspecified atom stereocenters. The first-order valence-corrected chi connectivity index (χ1v) is 17.8. The molecule has 4 heteroatoms. The molecule has 4 fully saturated rings. The van der Waals surface area contributed by atoms with Crippen molar-refractivity contribution >= 4 is 16.7 Å². The number of hydrogen-bond acceptors (Lipinski definition) is 3. The Bertz CT molecular complexity index is 1560. The van der Waals surface area contributed by atoms with Gasteiger partial charge in [-0.1, -0.05) is 59.7 Å². The largest absolute Gasteiger partial charge is 0.512 e. The number of nitrogens with zero attached hydrogens (tertiary/aromatic N) is 1. The fourth-order valence-corrected chi connectivity index (χ4v) is 9.64. The SMILES string of the molecule is CC(C)CC(=O)/C=C(\O)CC(C)C.Cc1[c-]c(-c2ccc3c(C45CCC(CC4)C5)c(C45CCC(CC4)C5)ccc3n2)cc(C)c1.[Ir]. The summed E-state index contributed by atoms with van der Waals surface area (Å²) in [5, 5.41) is 10.8. The number of hydrogen-bond donors (Lipinski definition) is 1. The molecule has 249 valence electrons. The normalized spacial score (nSPS) is 26.5. The van der Waals surface area contributed by atoms with Crippen LogP contribution in [0.3, 0.4) is 0 Å². The van der Waals surface area contributed by atoms with Crippen LogP contribution in [0.25, 0.3) is 22.2 Å². The summed E-state index contributed by atoms with van der Waals surface area (Å²) >= 11 is 0. The number of fused-ring (bicyclic) bond motifs is 5. The monoisotopic (exact) mass is 797 g/mol. The van der Waals surface area contributed by atoms with Gasteiger partial charge in [0.15, 0.2) is 5.78 Å². The zero-order chi connectivity index (χ0) is 31.9. The molecule has 0 spiro atoms.